The van der Waals surface area contributed by atoms with Crippen LogP contribution in [0.5, 0.6) is 0 Å². The van der Waals surface area contributed by atoms with Gasteiger partial charge in [0.05, 0.1) is 22.1 Å². The fourth-order valence-corrected chi connectivity index (χ4v) is 5.44. The smallest absolute Gasteiger partial charge is 0.333 e. The van der Waals surface area contributed by atoms with Crippen molar-refractivity contribution >= 4 is 21.7 Å². The fourth-order valence-electron chi connectivity index (χ4n) is 4.46. The van der Waals surface area contributed by atoms with Crippen molar-refractivity contribution in [1.29, 1.82) is 5.26 Å². The predicted octanol–water partition coefficient (Wildman–Crippen LogP) is 3.27. The number of rotatable bonds is 4. The topological polar surface area (TPSA) is 119 Å². The van der Waals surface area contributed by atoms with Gasteiger partial charge in [-0.25, -0.2) is 17.9 Å². The van der Waals surface area contributed by atoms with Crippen molar-refractivity contribution in [2.75, 3.05) is 5.32 Å². The molecule has 0 fully saturated rings. The highest BCUT2D eigenvalue weighted by molar-refractivity contribution is 7.90. The Hall–Kier alpha value is -2.89. The highest BCUT2D eigenvalue weighted by atomic mass is 32.2. The molecule has 2 aliphatic rings. The van der Waals surface area contributed by atoms with Gasteiger partial charge in [-0.1, -0.05) is 6.07 Å². The summed E-state index contributed by atoms with van der Waals surface area (Å²) in [5.74, 6) is 0. The second-order valence-corrected chi connectivity index (χ2v) is 10.4. The van der Waals surface area contributed by atoms with Gasteiger partial charge in [-0.2, -0.15) is 5.26 Å². The Morgan fingerprint density at radius 1 is 1.03 bits per heavy atom. The lowest BCUT2D eigenvalue weighted by atomic mass is 9.97. The molecule has 8 heteroatoms. The summed E-state index contributed by atoms with van der Waals surface area (Å²) in [6.07, 6.45) is 5.71. The first kappa shape index (κ1) is 21.3. The Kier molecular flexibility index (Phi) is 5.28. The number of nitrogens with one attached hydrogen (secondary N) is 2. The molecule has 0 saturated heterocycles. The van der Waals surface area contributed by atoms with Gasteiger partial charge in [-0.15, -0.1) is 0 Å². The second-order valence-electron chi connectivity index (χ2n) is 8.71. The van der Waals surface area contributed by atoms with Gasteiger partial charge in [-0.05, 0) is 98.4 Å². The van der Waals surface area contributed by atoms with Crippen molar-refractivity contribution < 1.29 is 18.3 Å². The summed E-state index contributed by atoms with van der Waals surface area (Å²) in [5.41, 5.74) is 4.42. The number of hydrogen-bond donors (Lipinski definition) is 3. The van der Waals surface area contributed by atoms with Crippen LogP contribution in [0.4, 0.5) is 10.5 Å². The monoisotopic (exact) mass is 439 g/mol. The molecule has 0 spiro atoms. The van der Waals surface area contributed by atoms with E-state index in [0.717, 1.165) is 55.3 Å². The number of fused-ring (bicyclic) bond motifs is 2. The number of aliphatic hydroxyl groups is 1. The molecule has 0 bridgehead atoms. The van der Waals surface area contributed by atoms with Gasteiger partial charge in [0.2, 0.25) is 0 Å². The lowest BCUT2D eigenvalue weighted by Gasteiger charge is -2.19. The van der Waals surface area contributed by atoms with Crippen LogP contribution in [0.25, 0.3) is 0 Å². The minimum absolute atomic E-state index is 0.0825. The lowest BCUT2D eigenvalue weighted by Crippen LogP contribution is -2.35. The van der Waals surface area contributed by atoms with Gasteiger partial charge in [0.15, 0.2) is 0 Å². The largest absolute Gasteiger partial charge is 0.386 e. The fraction of sp³-hybridized carbons (Fsp3) is 0.391. The first-order chi connectivity index (χ1) is 14.6. The highest BCUT2D eigenvalue weighted by Gasteiger charge is 2.27. The first-order valence-electron chi connectivity index (χ1n) is 10.4. The van der Waals surface area contributed by atoms with Crippen molar-refractivity contribution in [1.82, 2.24) is 4.72 Å². The van der Waals surface area contributed by atoms with Crippen molar-refractivity contribution in [2.45, 2.75) is 62.9 Å². The first-order valence-corrected chi connectivity index (χ1v) is 11.8. The standard InChI is InChI=1S/C23H25N3O4S/c1-23(2,28)17-9-14(13-24)10-18(12-17)31(29,30)26-22(27)25-21-19-7-3-5-15(19)11-16-6-4-8-20(16)21/h9-12,28H,3-8H2,1-2H3,(H2,25,26,27). The van der Waals surface area contributed by atoms with E-state index in [4.69, 9.17) is 0 Å². The average molecular weight is 440 g/mol. The number of carbonyl (C=O) groups is 1. The predicted molar refractivity (Wildman–Crippen MR) is 116 cm³/mol. The van der Waals surface area contributed by atoms with E-state index in [2.05, 4.69) is 16.1 Å². The molecule has 7 nitrogen and oxygen atoms in total. The van der Waals surface area contributed by atoms with Crippen LogP contribution in [0.3, 0.4) is 0 Å². The van der Waals surface area contributed by atoms with Crippen LogP contribution >= 0.6 is 0 Å². The van der Waals surface area contributed by atoms with Gasteiger partial charge >= 0.3 is 6.03 Å². The summed E-state index contributed by atoms with van der Waals surface area (Å²) in [7, 11) is -4.25. The summed E-state index contributed by atoms with van der Waals surface area (Å²) >= 11 is 0. The molecule has 2 amide bonds. The van der Waals surface area contributed by atoms with E-state index < -0.39 is 21.7 Å². The minimum atomic E-state index is -4.25. The Bertz CT molecular complexity index is 1190. The zero-order valence-corrected chi connectivity index (χ0v) is 18.4. The van der Waals surface area contributed by atoms with Crippen LogP contribution in [0, 0.1) is 11.3 Å². The summed E-state index contributed by atoms with van der Waals surface area (Å²) in [6.45, 7) is 2.99. The molecular weight excluding hydrogens is 414 g/mol. The second kappa shape index (κ2) is 7.66. The van der Waals surface area contributed by atoms with E-state index in [-0.39, 0.29) is 16.0 Å². The maximum absolute atomic E-state index is 12.9. The third kappa shape index (κ3) is 4.16. The van der Waals surface area contributed by atoms with Crippen LogP contribution in [-0.4, -0.2) is 19.6 Å². The molecule has 0 aromatic heterocycles. The van der Waals surface area contributed by atoms with E-state index in [0.29, 0.717) is 0 Å². The maximum Gasteiger partial charge on any atom is 0.333 e. The quantitative estimate of drug-likeness (QED) is 0.675. The number of carbonyl (C=O) groups excluding carboxylic acids is 1. The van der Waals surface area contributed by atoms with Crippen LogP contribution in [0.15, 0.2) is 29.2 Å². The van der Waals surface area contributed by atoms with Crippen LogP contribution in [-0.2, 0) is 41.3 Å². The molecule has 0 unspecified atom stereocenters. The van der Waals surface area contributed by atoms with Gasteiger partial charge in [0, 0.05) is 5.69 Å². The summed E-state index contributed by atoms with van der Waals surface area (Å²) in [6, 6.07) is 7.18. The molecule has 2 aromatic rings. The SMILES string of the molecule is CC(C)(O)c1cc(C#N)cc(S(=O)(=O)NC(=O)Nc2c3c(cc4c2CCC4)CCC3)c1. The Labute approximate surface area is 182 Å². The number of amides is 2. The number of aryl methyl sites for hydroxylation is 2. The Morgan fingerprint density at radius 3 is 2.19 bits per heavy atom. The van der Waals surface area contributed by atoms with Gasteiger partial charge in [0.25, 0.3) is 10.0 Å². The van der Waals surface area contributed by atoms with Crippen molar-refractivity contribution in [3.8, 4) is 6.07 Å². The zero-order chi connectivity index (χ0) is 22.4. The molecule has 31 heavy (non-hydrogen) atoms. The molecule has 0 radical (unpaired) electrons. The lowest BCUT2D eigenvalue weighted by molar-refractivity contribution is 0.0783. The summed E-state index contributed by atoms with van der Waals surface area (Å²) < 4.78 is 27.8. The zero-order valence-electron chi connectivity index (χ0n) is 17.6. The maximum atomic E-state index is 12.9. The van der Waals surface area contributed by atoms with E-state index in [9.17, 15) is 23.6 Å². The van der Waals surface area contributed by atoms with Crippen LogP contribution in [0.2, 0.25) is 0 Å². The van der Waals surface area contributed by atoms with Gasteiger partial charge in [0.1, 0.15) is 0 Å². The number of nitrogens with zero attached hydrogens (tertiary/aromatic N) is 1. The summed E-state index contributed by atoms with van der Waals surface area (Å²) in [5, 5.41) is 22.3. The van der Waals surface area contributed by atoms with Gasteiger partial charge < -0.3 is 10.4 Å². The highest BCUT2D eigenvalue weighted by Crippen LogP contribution is 2.38. The number of anilines is 1. The average Bonchev–Trinajstić information content (AvgIpc) is 3.35. The van der Waals surface area contributed by atoms with Crippen LogP contribution in [0.1, 0.15) is 60.1 Å². The third-order valence-corrected chi connectivity index (χ3v) is 7.30. The number of hydrogen-bond acceptors (Lipinski definition) is 5. The third-order valence-electron chi connectivity index (χ3n) is 5.99. The molecule has 162 valence electrons. The van der Waals surface area contributed by atoms with E-state index in [1.54, 1.807) is 0 Å². The number of sulfonamides is 1. The Morgan fingerprint density at radius 2 is 1.65 bits per heavy atom. The molecule has 0 saturated carbocycles. The molecule has 0 atom stereocenters. The van der Waals surface area contributed by atoms with Crippen molar-refractivity contribution in [3.63, 3.8) is 0 Å². The van der Waals surface area contributed by atoms with Gasteiger partial charge in [-0.3, -0.25) is 0 Å². The number of benzene rings is 2. The minimum Gasteiger partial charge on any atom is -0.386 e. The Balaban J connectivity index is 1.63. The molecule has 2 aromatic carbocycles. The molecule has 0 aliphatic heterocycles. The van der Waals surface area contributed by atoms with E-state index in [1.165, 1.54) is 43.2 Å². The molecule has 0 heterocycles. The van der Waals surface area contributed by atoms with Crippen molar-refractivity contribution in [2.24, 2.45) is 0 Å². The van der Waals surface area contributed by atoms with E-state index in [1.807, 2.05) is 6.07 Å². The van der Waals surface area contributed by atoms with E-state index >= 15 is 0 Å². The molecule has 4 rings (SSSR count). The molecule has 3 N–H and O–H groups in total. The number of nitriles is 1. The van der Waals surface area contributed by atoms with Crippen LogP contribution < -0.4 is 10.0 Å². The van der Waals surface area contributed by atoms with Crippen molar-refractivity contribution in [3.05, 3.63) is 57.6 Å². The summed E-state index contributed by atoms with van der Waals surface area (Å²) in [4.78, 5) is 12.5. The molecular formula is C23H25N3O4S. The molecule has 2 aliphatic carbocycles. The number of urea groups is 1. The normalized spacial score (nSPS) is 15.2.